The summed E-state index contributed by atoms with van der Waals surface area (Å²) in [7, 11) is 0. The van der Waals surface area contributed by atoms with Crippen LogP contribution in [-0.4, -0.2) is 24.2 Å². The first-order chi connectivity index (χ1) is 9.33. The van der Waals surface area contributed by atoms with E-state index in [1.807, 2.05) is 35.8 Å². The lowest BCUT2D eigenvalue weighted by atomic mass is 10.2. The minimum Gasteiger partial charge on any atom is -0.486 e. The van der Waals surface area contributed by atoms with Crippen LogP contribution in [0.4, 0.5) is 0 Å². The summed E-state index contributed by atoms with van der Waals surface area (Å²) in [6.45, 7) is 3.43. The molecule has 1 N–H and O–H groups in total. The Hall–Kier alpha value is -1.59. The van der Waals surface area contributed by atoms with Crippen molar-refractivity contribution < 1.29 is 9.47 Å². The summed E-state index contributed by atoms with van der Waals surface area (Å²) in [6.07, 6.45) is 1.87. The molecule has 1 aromatic heterocycles. The summed E-state index contributed by atoms with van der Waals surface area (Å²) in [6, 6.07) is 8.01. The number of fused-ring (bicyclic) bond motifs is 1. The summed E-state index contributed by atoms with van der Waals surface area (Å²) >= 11 is 1.66. The molecule has 0 amide bonds. The lowest BCUT2D eigenvalue weighted by molar-refractivity contribution is 0.0886. The van der Waals surface area contributed by atoms with Crippen LogP contribution in [0.3, 0.4) is 0 Å². The lowest BCUT2D eigenvalue weighted by Gasteiger charge is -2.27. The summed E-state index contributed by atoms with van der Waals surface area (Å²) in [5, 5.41) is 6.51. The Morgan fingerprint density at radius 2 is 2.26 bits per heavy atom. The highest BCUT2D eigenvalue weighted by Gasteiger charge is 2.21. The van der Waals surface area contributed by atoms with Crippen molar-refractivity contribution in [2.24, 2.45) is 0 Å². The number of nitrogens with zero attached hydrogens (tertiary/aromatic N) is 1. The molecule has 3 rings (SSSR count). The molecule has 0 saturated carbocycles. The third kappa shape index (κ3) is 2.88. The summed E-state index contributed by atoms with van der Waals surface area (Å²) in [5.74, 6) is 1.65. The Morgan fingerprint density at radius 1 is 1.42 bits per heavy atom. The zero-order valence-electron chi connectivity index (χ0n) is 10.7. The number of para-hydroxylation sites is 2. The van der Waals surface area contributed by atoms with Crippen molar-refractivity contribution in [3.8, 4) is 11.5 Å². The number of thiazole rings is 1. The molecular weight excluding hydrogens is 260 g/mol. The third-order valence-corrected chi connectivity index (χ3v) is 4.00. The van der Waals surface area contributed by atoms with Gasteiger partial charge in [-0.15, -0.1) is 11.3 Å². The van der Waals surface area contributed by atoms with E-state index in [2.05, 4.69) is 17.2 Å². The molecule has 2 heterocycles. The molecule has 2 atom stereocenters. The van der Waals surface area contributed by atoms with Gasteiger partial charge in [0.1, 0.15) is 17.7 Å². The van der Waals surface area contributed by atoms with Crippen molar-refractivity contribution in [1.29, 1.82) is 0 Å². The maximum Gasteiger partial charge on any atom is 0.161 e. The summed E-state index contributed by atoms with van der Waals surface area (Å²) < 4.78 is 11.6. The van der Waals surface area contributed by atoms with Gasteiger partial charge in [0, 0.05) is 18.1 Å². The van der Waals surface area contributed by atoms with Gasteiger partial charge in [0.05, 0.1) is 6.04 Å². The minimum absolute atomic E-state index is 0.0392. The van der Waals surface area contributed by atoms with Crippen molar-refractivity contribution >= 4 is 11.3 Å². The Bertz CT molecular complexity index is 530. The van der Waals surface area contributed by atoms with Gasteiger partial charge < -0.3 is 14.8 Å². The second-order valence-electron chi connectivity index (χ2n) is 4.50. The van der Waals surface area contributed by atoms with Gasteiger partial charge in [0.2, 0.25) is 0 Å². The first-order valence-corrected chi connectivity index (χ1v) is 7.22. The fourth-order valence-corrected chi connectivity index (χ4v) is 2.68. The van der Waals surface area contributed by atoms with E-state index >= 15 is 0 Å². The molecule has 0 unspecified atom stereocenters. The van der Waals surface area contributed by atoms with Gasteiger partial charge in [-0.3, -0.25) is 0 Å². The molecule has 0 aliphatic carbocycles. The van der Waals surface area contributed by atoms with E-state index in [-0.39, 0.29) is 12.1 Å². The van der Waals surface area contributed by atoms with Crippen molar-refractivity contribution in [2.75, 3.05) is 13.2 Å². The molecule has 2 aromatic rings. The Kier molecular flexibility index (Phi) is 3.66. The second kappa shape index (κ2) is 5.59. The van der Waals surface area contributed by atoms with Gasteiger partial charge in [-0.1, -0.05) is 12.1 Å². The third-order valence-electron chi connectivity index (χ3n) is 3.04. The highest BCUT2D eigenvalue weighted by atomic mass is 32.1. The van der Waals surface area contributed by atoms with E-state index in [1.54, 1.807) is 11.3 Å². The first kappa shape index (κ1) is 12.4. The Morgan fingerprint density at radius 3 is 3.05 bits per heavy atom. The van der Waals surface area contributed by atoms with Crippen LogP contribution in [0.1, 0.15) is 18.0 Å². The van der Waals surface area contributed by atoms with Crippen molar-refractivity contribution in [3.05, 3.63) is 40.8 Å². The summed E-state index contributed by atoms with van der Waals surface area (Å²) in [5.41, 5.74) is 0. The smallest absolute Gasteiger partial charge is 0.161 e. The molecule has 100 valence electrons. The molecule has 0 bridgehead atoms. The van der Waals surface area contributed by atoms with Gasteiger partial charge >= 0.3 is 0 Å². The Balaban J connectivity index is 1.55. The van der Waals surface area contributed by atoms with E-state index in [1.165, 1.54) is 0 Å². The molecule has 19 heavy (non-hydrogen) atoms. The fourth-order valence-electron chi connectivity index (χ4n) is 2.01. The maximum absolute atomic E-state index is 5.90. The molecule has 0 saturated heterocycles. The van der Waals surface area contributed by atoms with Crippen LogP contribution in [0.25, 0.3) is 0 Å². The van der Waals surface area contributed by atoms with Crippen LogP contribution in [0.5, 0.6) is 11.5 Å². The average molecular weight is 276 g/mol. The highest BCUT2D eigenvalue weighted by Crippen LogP contribution is 2.30. The van der Waals surface area contributed by atoms with Crippen molar-refractivity contribution in [1.82, 2.24) is 10.3 Å². The van der Waals surface area contributed by atoms with Crippen LogP contribution in [0.15, 0.2) is 35.8 Å². The molecule has 4 nitrogen and oxygen atoms in total. The zero-order valence-corrected chi connectivity index (χ0v) is 11.5. The molecule has 0 fully saturated rings. The zero-order chi connectivity index (χ0) is 13.1. The van der Waals surface area contributed by atoms with Crippen molar-refractivity contribution in [2.45, 2.75) is 19.1 Å². The van der Waals surface area contributed by atoms with Crippen molar-refractivity contribution in [3.63, 3.8) is 0 Å². The van der Waals surface area contributed by atoms with E-state index in [0.717, 1.165) is 23.1 Å². The van der Waals surface area contributed by atoms with Crippen LogP contribution >= 0.6 is 11.3 Å². The van der Waals surface area contributed by atoms with Gasteiger partial charge in [-0.05, 0) is 19.1 Å². The fraction of sp³-hybridized carbons (Fsp3) is 0.357. The quantitative estimate of drug-likeness (QED) is 0.932. The number of hydrogen-bond donors (Lipinski definition) is 1. The van der Waals surface area contributed by atoms with Crippen LogP contribution in [0.2, 0.25) is 0 Å². The van der Waals surface area contributed by atoms with Crippen LogP contribution in [0, 0.1) is 0 Å². The average Bonchev–Trinajstić information content (AvgIpc) is 2.99. The molecule has 1 aliphatic rings. The molecule has 0 spiro atoms. The SMILES string of the molecule is C[C@@H](NC[C@@H]1COc2ccccc2O1)c1nccs1. The van der Waals surface area contributed by atoms with E-state index in [4.69, 9.17) is 9.47 Å². The second-order valence-corrected chi connectivity index (χ2v) is 5.42. The van der Waals surface area contributed by atoms with Crippen LogP contribution < -0.4 is 14.8 Å². The monoisotopic (exact) mass is 276 g/mol. The summed E-state index contributed by atoms with van der Waals surface area (Å²) in [4.78, 5) is 4.30. The largest absolute Gasteiger partial charge is 0.486 e. The number of rotatable bonds is 4. The molecule has 1 aliphatic heterocycles. The van der Waals surface area contributed by atoms with Crippen LogP contribution in [-0.2, 0) is 0 Å². The maximum atomic E-state index is 5.90. The molecule has 1 aromatic carbocycles. The number of hydrogen-bond acceptors (Lipinski definition) is 5. The normalized spacial score (nSPS) is 19.1. The lowest BCUT2D eigenvalue weighted by Crippen LogP contribution is -2.39. The molecular formula is C14H16N2O2S. The van der Waals surface area contributed by atoms with Gasteiger partial charge in [-0.2, -0.15) is 0 Å². The van der Waals surface area contributed by atoms with Gasteiger partial charge in [0.15, 0.2) is 11.5 Å². The highest BCUT2D eigenvalue weighted by molar-refractivity contribution is 7.09. The number of nitrogens with one attached hydrogen (secondary N) is 1. The standard InChI is InChI=1S/C14H16N2O2S/c1-10(14-15-6-7-19-14)16-8-11-9-17-12-4-2-3-5-13(12)18-11/h2-7,10-11,16H,8-9H2,1H3/t10-,11-/m1/s1. The number of aromatic nitrogens is 1. The predicted molar refractivity (Wildman–Crippen MR) is 74.9 cm³/mol. The van der Waals surface area contributed by atoms with Gasteiger partial charge in [0.25, 0.3) is 0 Å². The molecule has 0 radical (unpaired) electrons. The van der Waals surface area contributed by atoms with E-state index in [0.29, 0.717) is 6.61 Å². The Labute approximate surface area is 116 Å². The topological polar surface area (TPSA) is 43.4 Å². The van der Waals surface area contributed by atoms with E-state index < -0.39 is 0 Å². The van der Waals surface area contributed by atoms with Gasteiger partial charge in [-0.25, -0.2) is 4.98 Å². The first-order valence-electron chi connectivity index (χ1n) is 6.34. The number of benzene rings is 1. The molecule has 5 heteroatoms. The van der Waals surface area contributed by atoms with E-state index in [9.17, 15) is 0 Å². The minimum atomic E-state index is 0.0392. The number of ether oxygens (including phenoxy) is 2. The predicted octanol–water partition coefficient (Wildman–Crippen LogP) is 2.63.